The zero-order valence-corrected chi connectivity index (χ0v) is 17.2. The Morgan fingerprint density at radius 2 is 1.71 bits per heavy atom. The van der Waals surface area contributed by atoms with E-state index in [4.69, 9.17) is 0 Å². The molecule has 0 aliphatic carbocycles. The molecule has 150 valence electrons. The molecule has 0 radical (unpaired) electrons. The van der Waals surface area contributed by atoms with Crippen molar-refractivity contribution in [3.05, 3.63) is 47.4 Å². The van der Waals surface area contributed by atoms with Crippen molar-refractivity contribution in [2.75, 3.05) is 13.1 Å². The van der Waals surface area contributed by atoms with Crippen molar-refractivity contribution in [3.63, 3.8) is 0 Å². The van der Waals surface area contributed by atoms with Gasteiger partial charge in [-0.1, -0.05) is 13.8 Å². The Kier molecular flexibility index (Phi) is 6.01. The van der Waals surface area contributed by atoms with Gasteiger partial charge in [-0.25, -0.2) is 4.39 Å². The molecular weight excluding hydrogens is 355 g/mol. The third-order valence-electron chi connectivity index (χ3n) is 5.66. The van der Waals surface area contributed by atoms with E-state index in [2.05, 4.69) is 13.8 Å². The van der Waals surface area contributed by atoms with Gasteiger partial charge >= 0.3 is 0 Å². The monoisotopic (exact) mass is 384 g/mol. The van der Waals surface area contributed by atoms with Crippen molar-refractivity contribution in [1.82, 2.24) is 9.47 Å². The molecule has 0 N–H and O–H groups in total. The van der Waals surface area contributed by atoms with Gasteiger partial charge in [0.1, 0.15) is 5.82 Å². The third-order valence-corrected chi connectivity index (χ3v) is 5.66. The number of benzene rings is 1. The van der Waals surface area contributed by atoms with Crippen molar-refractivity contribution in [3.8, 4) is 11.3 Å². The van der Waals surface area contributed by atoms with Crippen molar-refractivity contribution in [2.24, 2.45) is 11.8 Å². The van der Waals surface area contributed by atoms with Crippen LogP contribution in [0.1, 0.15) is 49.7 Å². The van der Waals surface area contributed by atoms with Crippen molar-refractivity contribution < 1.29 is 14.0 Å². The first-order chi connectivity index (χ1) is 13.3. The number of likely N-dealkylation sites (tertiary alicyclic amines) is 1. The van der Waals surface area contributed by atoms with E-state index in [0.29, 0.717) is 30.4 Å². The lowest BCUT2D eigenvalue weighted by Gasteiger charge is -2.35. The van der Waals surface area contributed by atoms with Crippen molar-refractivity contribution in [1.29, 1.82) is 0 Å². The van der Waals surface area contributed by atoms with Gasteiger partial charge in [0, 0.05) is 43.0 Å². The highest BCUT2D eigenvalue weighted by molar-refractivity contribution is 5.96. The number of rotatable bonds is 5. The molecular formula is C23H29FN2O2. The SMILES string of the molecule is CC(=O)c1cc(-c2ccc(F)cc2)n(CCC(=O)N2CC(C)CC(C)C2)c1C. The third kappa shape index (κ3) is 4.34. The molecule has 2 aromatic rings. The second-order valence-corrected chi connectivity index (χ2v) is 8.24. The van der Waals surface area contributed by atoms with Gasteiger partial charge in [-0.3, -0.25) is 9.59 Å². The fourth-order valence-electron chi connectivity index (χ4n) is 4.38. The quantitative estimate of drug-likeness (QED) is 0.701. The molecule has 1 amide bonds. The highest BCUT2D eigenvalue weighted by Crippen LogP contribution is 2.28. The van der Waals surface area contributed by atoms with Crippen molar-refractivity contribution >= 4 is 11.7 Å². The van der Waals surface area contributed by atoms with Crippen LogP contribution in [-0.2, 0) is 11.3 Å². The number of piperidine rings is 1. The van der Waals surface area contributed by atoms with Crippen LogP contribution in [0.4, 0.5) is 4.39 Å². The Hall–Kier alpha value is -2.43. The number of hydrogen-bond donors (Lipinski definition) is 0. The van der Waals surface area contributed by atoms with Crippen LogP contribution in [0.5, 0.6) is 0 Å². The molecule has 0 bridgehead atoms. The van der Waals surface area contributed by atoms with Crippen LogP contribution in [0.3, 0.4) is 0 Å². The van der Waals surface area contributed by atoms with Crippen LogP contribution in [0.2, 0.25) is 0 Å². The summed E-state index contributed by atoms with van der Waals surface area (Å²) in [6, 6.07) is 8.09. The number of halogens is 1. The maximum atomic E-state index is 13.3. The predicted octanol–water partition coefficient (Wildman–Crippen LogP) is 4.70. The molecule has 1 aromatic heterocycles. The first kappa shape index (κ1) is 20.3. The number of aromatic nitrogens is 1. The van der Waals surface area contributed by atoms with E-state index in [1.54, 1.807) is 19.1 Å². The topological polar surface area (TPSA) is 42.3 Å². The summed E-state index contributed by atoms with van der Waals surface area (Å²) in [5.74, 6) is 0.902. The first-order valence-corrected chi connectivity index (χ1v) is 10.0. The number of amides is 1. The summed E-state index contributed by atoms with van der Waals surface area (Å²) in [7, 11) is 0. The Bertz CT molecular complexity index is 859. The number of Topliss-reactive ketones (excluding diaryl/α,β-unsaturated/α-hetero) is 1. The predicted molar refractivity (Wildman–Crippen MR) is 109 cm³/mol. The minimum absolute atomic E-state index is 0.00961. The molecule has 1 aliphatic heterocycles. The Labute approximate surface area is 166 Å². The summed E-state index contributed by atoms with van der Waals surface area (Å²) in [6.45, 7) is 9.97. The maximum Gasteiger partial charge on any atom is 0.224 e. The zero-order valence-electron chi connectivity index (χ0n) is 17.2. The molecule has 3 rings (SSSR count). The molecule has 0 spiro atoms. The number of ketones is 1. The molecule has 2 unspecified atom stereocenters. The van der Waals surface area contributed by atoms with Crippen LogP contribution in [0.25, 0.3) is 11.3 Å². The zero-order chi connectivity index (χ0) is 20.4. The lowest BCUT2D eigenvalue weighted by molar-refractivity contribution is -0.134. The smallest absolute Gasteiger partial charge is 0.224 e. The highest BCUT2D eigenvalue weighted by atomic mass is 19.1. The molecule has 1 aromatic carbocycles. The van der Waals surface area contributed by atoms with Crippen LogP contribution >= 0.6 is 0 Å². The van der Waals surface area contributed by atoms with Gasteiger partial charge in [-0.2, -0.15) is 0 Å². The molecule has 5 heteroatoms. The maximum absolute atomic E-state index is 13.3. The average Bonchev–Trinajstić information content (AvgIpc) is 2.96. The van der Waals surface area contributed by atoms with Gasteiger partial charge in [0.05, 0.1) is 0 Å². The highest BCUT2D eigenvalue weighted by Gasteiger charge is 2.25. The van der Waals surface area contributed by atoms with E-state index in [1.807, 2.05) is 22.5 Å². The molecule has 2 atom stereocenters. The summed E-state index contributed by atoms with van der Waals surface area (Å²) < 4.78 is 15.3. The number of carbonyl (C=O) groups excluding carboxylic acids is 2. The van der Waals surface area contributed by atoms with Gasteiger partial charge in [0.15, 0.2) is 5.78 Å². The number of carbonyl (C=O) groups is 2. The largest absolute Gasteiger partial charge is 0.344 e. The minimum atomic E-state index is -0.297. The molecule has 0 saturated carbocycles. The second kappa shape index (κ2) is 8.29. The number of hydrogen-bond acceptors (Lipinski definition) is 2. The lowest BCUT2D eigenvalue weighted by atomic mass is 9.92. The van der Waals surface area contributed by atoms with Gasteiger partial charge in [-0.05, 0) is 68.0 Å². The van der Waals surface area contributed by atoms with E-state index >= 15 is 0 Å². The number of nitrogens with zero attached hydrogens (tertiary/aromatic N) is 2. The summed E-state index contributed by atoms with van der Waals surface area (Å²) in [5.41, 5.74) is 3.17. The van der Waals surface area contributed by atoms with Gasteiger partial charge in [0.2, 0.25) is 5.91 Å². The standard InChI is InChI=1S/C23H29FN2O2/c1-15-11-16(2)14-25(13-15)23(28)9-10-26-17(3)21(18(4)27)12-22(26)19-5-7-20(24)8-6-19/h5-8,12,15-16H,9-11,13-14H2,1-4H3. The van der Waals surface area contributed by atoms with Crippen LogP contribution in [0, 0.1) is 24.6 Å². The normalized spacial score (nSPS) is 19.7. The van der Waals surface area contributed by atoms with Crippen molar-refractivity contribution in [2.45, 2.75) is 47.1 Å². The Morgan fingerprint density at radius 3 is 2.29 bits per heavy atom. The van der Waals surface area contributed by atoms with E-state index in [0.717, 1.165) is 36.5 Å². The van der Waals surface area contributed by atoms with Gasteiger partial charge < -0.3 is 9.47 Å². The minimum Gasteiger partial charge on any atom is -0.344 e. The van der Waals surface area contributed by atoms with Crippen LogP contribution in [-0.4, -0.2) is 34.2 Å². The summed E-state index contributed by atoms with van der Waals surface area (Å²) >= 11 is 0. The molecule has 28 heavy (non-hydrogen) atoms. The molecule has 1 fully saturated rings. The van der Waals surface area contributed by atoms with E-state index in [9.17, 15) is 14.0 Å². The van der Waals surface area contributed by atoms with E-state index in [1.165, 1.54) is 12.1 Å². The molecule has 1 saturated heterocycles. The fourth-order valence-corrected chi connectivity index (χ4v) is 4.38. The molecule has 1 aliphatic rings. The average molecular weight is 384 g/mol. The summed E-state index contributed by atoms with van der Waals surface area (Å²) in [5, 5.41) is 0. The first-order valence-electron chi connectivity index (χ1n) is 10.0. The Balaban J connectivity index is 1.83. The van der Waals surface area contributed by atoms with E-state index in [-0.39, 0.29) is 17.5 Å². The lowest BCUT2D eigenvalue weighted by Crippen LogP contribution is -2.42. The Morgan fingerprint density at radius 1 is 1.11 bits per heavy atom. The summed E-state index contributed by atoms with van der Waals surface area (Å²) in [4.78, 5) is 26.8. The van der Waals surface area contributed by atoms with Gasteiger partial charge in [-0.15, -0.1) is 0 Å². The summed E-state index contributed by atoms with van der Waals surface area (Å²) in [6.07, 6.45) is 1.55. The molecule has 2 heterocycles. The fraction of sp³-hybridized carbons (Fsp3) is 0.478. The second-order valence-electron chi connectivity index (χ2n) is 8.24. The van der Waals surface area contributed by atoms with Gasteiger partial charge in [0.25, 0.3) is 0 Å². The van der Waals surface area contributed by atoms with E-state index < -0.39 is 0 Å². The molecule has 4 nitrogen and oxygen atoms in total. The van der Waals surface area contributed by atoms with Crippen LogP contribution < -0.4 is 0 Å². The van der Waals surface area contributed by atoms with Crippen LogP contribution in [0.15, 0.2) is 30.3 Å².